The molecule has 5 N–H and O–H groups in total. The predicted molar refractivity (Wildman–Crippen MR) is 137 cm³/mol. The van der Waals surface area contributed by atoms with Crippen LogP contribution in [0.1, 0.15) is 34.8 Å². The number of anilines is 2. The molecule has 37 heavy (non-hydrogen) atoms. The van der Waals surface area contributed by atoms with E-state index in [4.69, 9.17) is 30.7 Å². The van der Waals surface area contributed by atoms with E-state index < -0.39 is 11.6 Å². The van der Waals surface area contributed by atoms with E-state index in [0.29, 0.717) is 40.5 Å². The smallest absolute Gasteiger partial charge is 0.263 e. The summed E-state index contributed by atoms with van der Waals surface area (Å²) in [7, 11) is 0. The molecule has 3 aromatic heterocycles. The lowest BCUT2D eigenvalue weighted by Gasteiger charge is -2.28. The van der Waals surface area contributed by atoms with Crippen LogP contribution in [0, 0.1) is 12.7 Å². The number of carbonyl (C=O) groups excluding carboxylic acids is 1. The molecule has 0 bridgehead atoms. The van der Waals surface area contributed by atoms with Crippen molar-refractivity contribution in [3.8, 4) is 5.88 Å². The second-order valence-corrected chi connectivity index (χ2v) is 11.0. The Morgan fingerprint density at radius 2 is 2.03 bits per heavy atom. The topological polar surface area (TPSA) is 138 Å². The summed E-state index contributed by atoms with van der Waals surface area (Å²) in [6.45, 7) is 6.86. The van der Waals surface area contributed by atoms with Crippen LogP contribution in [0.2, 0.25) is 0 Å². The zero-order valence-corrected chi connectivity index (χ0v) is 21.6. The number of hydrogen-bond acceptors (Lipinski definition) is 10. The minimum atomic E-state index is -0.832. The number of aryl methyl sites for hydroxylation is 1. The fraction of sp³-hybridized carbons (Fsp3) is 0.480. The highest BCUT2D eigenvalue weighted by Gasteiger charge is 2.54. The molecule has 4 unspecified atom stereocenters. The third-order valence-corrected chi connectivity index (χ3v) is 8.47. The van der Waals surface area contributed by atoms with Crippen molar-refractivity contribution in [2.75, 3.05) is 30.3 Å². The molecule has 4 atom stereocenters. The van der Waals surface area contributed by atoms with Crippen molar-refractivity contribution < 1.29 is 23.4 Å². The average Bonchev–Trinajstić information content (AvgIpc) is 3.46. The SMILES string of the molecule is Cc1nc2sc(C(=O)NC3COc4nc(N5CC(N)C6(C5)OC(C)C(C)O6)ccc4C3)c(N)c2cc1F. The monoisotopic (exact) mass is 528 g/mol. The molecule has 0 aromatic carbocycles. The number of nitrogens with one attached hydrogen (secondary N) is 1. The number of halogens is 1. The van der Waals surface area contributed by atoms with E-state index in [1.165, 1.54) is 6.07 Å². The van der Waals surface area contributed by atoms with E-state index in [-0.39, 0.29) is 48.2 Å². The first-order valence-electron chi connectivity index (χ1n) is 12.3. The Hall–Kier alpha value is -3.06. The second kappa shape index (κ2) is 8.76. The van der Waals surface area contributed by atoms with Crippen LogP contribution >= 0.6 is 11.3 Å². The number of aromatic nitrogens is 2. The summed E-state index contributed by atoms with van der Waals surface area (Å²) in [6.07, 6.45) is 0.500. The summed E-state index contributed by atoms with van der Waals surface area (Å²) < 4.78 is 32.1. The van der Waals surface area contributed by atoms with Gasteiger partial charge >= 0.3 is 0 Å². The number of ether oxygens (including phenoxy) is 3. The van der Waals surface area contributed by atoms with Crippen molar-refractivity contribution in [2.24, 2.45) is 5.73 Å². The second-order valence-electron chi connectivity index (χ2n) is 10.0. The zero-order chi connectivity index (χ0) is 26.1. The van der Waals surface area contributed by atoms with Crippen LogP contribution in [-0.4, -0.2) is 65.7 Å². The standard InChI is InChI=1S/C25H29FN6O4S/c1-11-17(26)7-16-20(28)21(37-24(16)29-11)22(33)30-15-6-14-4-5-19(31-23(14)34-9-15)32-8-18(27)25(10-32)35-12(2)13(3)36-25/h4-5,7,12-13,15,18H,6,8-10,27-28H2,1-3H3,(H,30,33). The quantitative estimate of drug-likeness (QED) is 0.467. The molecule has 3 aromatic rings. The van der Waals surface area contributed by atoms with Crippen LogP contribution in [0.25, 0.3) is 10.2 Å². The number of pyridine rings is 2. The van der Waals surface area contributed by atoms with Crippen LogP contribution < -0.4 is 26.4 Å². The zero-order valence-electron chi connectivity index (χ0n) is 20.8. The van der Waals surface area contributed by atoms with Crippen LogP contribution in [-0.2, 0) is 15.9 Å². The molecule has 6 heterocycles. The van der Waals surface area contributed by atoms with Gasteiger partial charge in [0.05, 0.1) is 42.2 Å². The van der Waals surface area contributed by atoms with Gasteiger partial charge in [0.25, 0.3) is 5.91 Å². The molecular formula is C25H29FN6O4S. The molecule has 1 spiro atoms. The van der Waals surface area contributed by atoms with E-state index >= 15 is 0 Å². The summed E-state index contributed by atoms with van der Waals surface area (Å²) in [5.74, 6) is -0.352. The first-order valence-corrected chi connectivity index (χ1v) is 13.1. The van der Waals surface area contributed by atoms with Crippen molar-refractivity contribution in [1.29, 1.82) is 0 Å². The maximum Gasteiger partial charge on any atom is 0.263 e. The van der Waals surface area contributed by atoms with E-state index in [0.717, 1.165) is 22.7 Å². The van der Waals surface area contributed by atoms with Crippen molar-refractivity contribution in [3.63, 3.8) is 0 Å². The summed E-state index contributed by atoms with van der Waals surface area (Å²) in [5.41, 5.74) is 13.9. The van der Waals surface area contributed by atoms with E-state index in [1.54, 1.807) is 6.92 Å². The minimum absolute atomic E-state index is 0.0255. The number of thiophene rings is 1. The number of nitrogen functional groups attached to an aromatic ring is 1. The summed E-state index contributed by atoms with van der Waals surface area (Å²) in [6, 6.07) is 4.64. The number of nitrogens with two attached hydrogens (primary N) is 2. The van der Waals surface area contributed by atoms with Gasteiger partial charge in [0.1, 0.15) is 27.9 Å². The molecule has 3 aliphatic rings. The maximum absolute atomic E-state index is 13.9. The van der Waals surface area contributed by atoms with Gasteiger partial charge in [-0.25, -0.2) is 9.37 Å². The largest absolute Gasteiger partial charge is 0.475 e. The fourth-order valence-electron chi connectivity index (χ4n) is 5.13. The third kappa shape index (κ3) is 4.08. The Balaban J connectivity index is 1.14. The minimum Gasteiger partial charge on any atom is -0.475 e. The molecular weight excluding hydrogens is 499 g/mol. The number of rotatable bonds is 3. The highest BCUT2D eigenvalue weighted by atomic mass is 32.1. The molecule has 1 amide bonds. The van der Waals surface area contributed by atoms with Crippen molar-refractivity contribution in [2.45, 2.75) is 57.3 Å². The fourth-order valence-corrected chi connectivity index (χ4v) is 6.16. The molecule has 12 heteroatoms. The van der Waals surface area contributed by atoms with Crippen molar-refractivity contribution in [3.05, 3.63) is 40.2 Å². The molecule has 0 aliphatic carbocycles. The lowest BCUT2D eigenvalue weighted by molar-refractivity contribution is -0.164. The number of nitrogens with zero attached hydrogens (tertiary/aromatic N) is 3. The van der Waals surface area contributed by atoms with Gasteiger partial charge < -0.3 is 35.9 Å². The van der Waals surface area contributed by atoms with E-state index in [2.05, 4.69) is 15.2 Å². The first-order chi connectivity index (χ1) is 17.6. The third-order valence-electron chi connectivity index (χ3n) is 7.35. The van der Waals surface area contributed by atoms with Crippen molar-refractivity contribution in [1.82, 2.24) is 15.3 Å². The average molecular weight is 529 g/mol. The van der Waals surface area contributed by atoms with Gasteiger partial charge in [-0.1, -0.05) is 0 Å². The Morgan fingerprint density at radius 3 is 2.78 bits per heavy atom. The Morgan fingerprint density at radius 1 is 1.27 bits per heavy atom. The maximum atomic E-state index is 13.9. The van der Waals surface area contributed by atoms with E-state index in [9.17, 15) is 9.18 Å². The summed E-state index contributed by atoms with van der Waals surface area (Å²) in [4.78, 5) is 24.8. The lowest BCUT2D eigenvalue weighted by Crippen LogP contribution is -2.48. The Labute approximate surface area is 217 Å². The van der Waals surface area contributed by atoms with Crippen LogP contribution in [0.15, 0.2) is 18.2 Å². The van der Waals surface area contributed by atoms with Gasteiger partial charge in [0, 0.05) is 23.9 Å². The van der Waals surface area contributed by atoms with Gasteiger partial charge in [-0.05, 0) is 39.0 Å². The van der Waals surface area contributed by atoms with Gasteiger partial charge in [-0.2, -0.15) is 4.98 Å². The van der Waals surface area contributed by atoms with Crippen LogP contribution in [0.4, 0.5) is 15.9 Å². The number of hydrogen-bond donors (Lipinski definition) is 3. The lowest BCUT2D eigenvalue weighted by atomic mass is 10.1. The summed E-state index contributed by atoms with van der Waals surface area (Å²) in [5, 5.41) is 3.43. The van der Waals surface area contributed by atoms with Gasteiger partial charge in [-0.3, -0.25) is 4.79 Å². The predicted octanol–water partition coefficient (Wildman–Crippen LogP) is 2.12. The van der Waals surface area contributed by atoms with Gasteiger partial charge in [0.15, 0.2) is 0 Å². The van der Waals surface area contributed by atoms with Gasteiger partial charge in [-0.15, -0.1) is 11.3 Å². The molecule has 10 nitrogen and oxygen atoms in total. The molecule has 2 fully saturated rings. The molecule has 196 valence electrons. The van der Waals surface area contributed by atoms with E-state index in [1.807, 2.05) is 26.0 Å². The normalized spacial score (nSPS) is 29.1. The number of carbonyl (C=O) groups is 1. The van der Waals surface area contributed by atoms with Crippen LogP contribution in [0.3, 0.4) is 0 Å². The Kier molecular flexibility index (Phi) is 5.75. The number of fused-ring (bicyclic) bond motifs is 2. The molecule has 6 rings (SSSR count). The first kappa shape index (κ1) is 24.3. The van der Waals surface area contributed by atoms with Gasteiger partial charge in [0.2, 0.25) is 11.7 Å². The molecule has 0 radical (unpaired) electrons. The highest BCUT2D eigenvalue weighted by Crippen LogP contribution is 2.38. The molecule has 2 saturated heterocycles. The summed E-state index contributed by atoms with van der Waals surface area (Å²) >= 11 is 1.15. The highest BCUT2D eigenvalue weighted by molar-refractivity contribution is 7.21. The van der Waals surface area contributed by atoms with Crippen LogP contribution in [0.5, 0.6) is 5.88 Å². The Bertz CT molecular complexity index is 1390. The molecule has 0 saturated carbocycles. The number of amides is 1. The van der Waals surface area contributed by atoms with Crippen molar-refractivity contribution >= 4 is 39.0 Å². The molecule has 3 aliphatic heterocycles.